The number of rotatable bonds is 6. The molecule has 2 heterocycles. The first-order valence-corrected chi connectivity index (χ1v) is 11.3. The topological polar surface area (TPSA) is 81.3 Å². The van der Waals surface area contributed by atoms with E-state index in [1.807, 2.05) is 50.4 Å². The van der Waals surface area contributed by atoms with Gasteiger partial charge in [0, 0.05) is 35.5 Å². The molecule has 0 bridgehead atoms. The summed E-state index contributed by atoms with van der Waals surface area (Å²) in [6.45, 7) is 3.98. The van der Waals surface area contributed by atoms with Crippen LogP contribution in [0.25, 0.3) is 23.0 Å². The molecule has 1 saturated heterocycles. The minimum absolute atomic E-state index is 0.0108. The van der Waals surface area contributed by atoms with Crippen molar-refractivity contribution in [1.29, 1.82) is 0 Å². The molecule has 3 aromatic rings. The van der Waals surface area contributed by atoms with Crippen molar-refractivity contribution in [2.24, 2.45) is 0 Å². The number of nitro groups is 1. The highest BCUT2D eigenvalue weighted by Crippen LogP contribution is 2.36. The molecule has 9 heteroatoms. The Bertz CT molecular complexity index is 1240. The Morgan fingerprint density at radius 1 is 1.22 bits per heavy atom. The molecule has 0 unspecified atom stereocenters. The maximum Gasteiger partial charge on any atom is 0.270 e. The van der Waals surface area contributed by atoms with E-state index in [1.165, 1.54) is 23.9 Å². The number of nitro benzene ring substituents is 1. The van der Waals surface area contributed by atoms with E-state index in [1.54, 1.807) is 27.8 Å². The van der Waals surface area contributed by atoms with Crippen LogP contribution in [-0.2, 0) is 4.79 Å². The summed E-state index contributed by atoms with van der Waals surface area (Å²) < 4.78 is 2.23. The summed E-state index contributed by atoms with van der Waals surface area (Å²) in [6.07, 6.45) is 4.38. The average Bonchev–Trinajstić information content (AvgIpc) is 3.34. The number of hydrogen-bond donors (Lipinski definition) is 0. The Kier molecular flexibility index (Phi) is 6.20. The Morgan fingerprint density at radius 2 is 1.97 bits per heavy atom. The van der Waals surface area contributed by atoms with Crippen LogP contribution in [0, 0.1) is 10.1 Å². The third-order valence-electron chi connectivity index (χ3n) is 5.24. The van der Waals surface area contributed by atoms with Gasteiger partial charge in [-0.2, -0.15) is 5.10 Å². The third kappa shape index (κ3) is 4.21. The molecule has 0 radical (unpaired) electrons. The van der Waals surface area contributed by atoms with Gasteiger partial charge >= 0.3 is 0 Å². The second-order valence-electron chi connectivity index (χ2n) is 7.33. The fourth-order valence-corrected chi connectivity index (χ4v) is 4.83. The van der Waals surface area contributed by atoms with Crippen molar-refractivity contribution in [2.75, 3.05) is 0 Å². The zero-order chi connectivity index (χ0) is 22.8. The molecule has 1 aliphatic rings. The number of aromatic nitrogens is 2. The first-order valence-electron chi connectivity index (χ1n) is 10.1. The van der Waals surface area contributed by atoms with E-state index in [0.717, 1.165) is 12.1 Å². The predicted molar refractivity (Wildman–Crippen MR) is 130 cm³/mol. The standard InChI is InChI=1S/C23H20N4O3S2/c1-3-15(2)26-22(28)20(32-23(26)31)13-17-14-25(18-9-5-4-6-10-18)24-21(17)16-8-7-11-19(12-16)27(29)30/h4-15H,3H2,1-2H3/b20-13-/t15-/m1/s1. The summed E-state index contributed by atoms with van der Waals surface area (Å²) in [4.78, 5) is 26.0. The van der Waals surface area contributed by atoms with Gasteiger partial charge in [0.25, 0.3) is 11.6 Å². The number of amides is 1. The highest BCUT2D eigenvalue weighted by molar-refractivity contribution is 8.26. The van der Waals surface area contributed by atoms with E-state index in [0.29, 0.717) is 26.0 Å². The summed E-state index contributed by atoms with van der Waals surface area (Å²) in [5.74, 6) is -0.133. The van der Waals surface area contributed by atoms with Gasteiger partial charge in [0.1, 0.15) is 10.0 Å². The number of hydrogen-bond acceptors (Lipinski definition) is 6. The molecule has 1 aromatic heterocycles. The summed E-state index contributed by atoms with van der Waals surface area (Å²) in [6, 6.07) is 15.9. The van der Waals surface area contributed by atoms with Crippen LogP contribution in [0.2, 0.25) is 0 Å². The SMILES string of the molecule is CC[C@@H](C)N1C(=O)/C(=C/c2cn(-c3ccccc3)nc2-c2cccc([N+](=O)[O-])c2)SC1=S. The number of thiocarbonyl (C=S) groups is 1. The highest BCUT2D eigenvalue weighted by atomic mass is 32.2. The molecule has 1 amide bonds. The van der Waals surface area contributed by atoms with Gasteiger partial charge in [0.05, 0.1) is 15.5 Å². The number of non-ortho nitro benzene ring substituents is 1. The Morgan fingerprint density at radius 3 is 2.66 bits per heavy atom. The number of carbonyl (C=O) groups excluding carboxylic acids is 1. The smallest absolute Gasteiger partial charge is 0.270 e. The molecule has 0 N–H and O–H groups in total. The number of thioether (sulfide) groups is 1. The largest absolute Gasteiger partial charge is 0.290 e. The number of carbonyl (C=O) groups is 1. The maximum atomic E-state index is 13.0. The van der Waals surface area contributed by atoms with E-state index >= 15 is 0 Å². The lowest BCUT2D eigenvalue weighted by atomic mass is 10.1. The second kappa shape index (κ2) is 9.05. The zero-order valence-corrected chi connectivity index (χ0v) is 19.1. The lowest BCUT2D eigenvalue weighted by molar-refractivity contribution is -0.384. The van der Waals surface area contributed by atoms with Crippen LogP contribution in [0.4, 0.5) is 5.69 Å². The minimum atomic E-state index is -0.436. The van der Waals surface area contributed by atoms with Crippen LogP contribution in [0.5, 0.6) is 0 Å². The fourth-order valence-electron chi connectivity index (χ4n) is 3.38. The first-order chi connectivity index (χ1) is 15.4. The number of para-hydroxylation sites is 1. The Labute approximate surface area is 194 Å². The molecular weight excluding hydrogens is 444 g/mol. The van der Waals surface area contributed by atoms with Crippen molar-refractivity contribution in [1.82, 2.24) is 14.7 Å². The molecule has 0 spiro atoms. The molecule has 32 heavy (non-hydrogen) atoms. The average molecular weight is 465 g/mol. The van der Waals surface area contributed by atoms with Crippen molar-refractivity contribution in [2.45, 2.75) is 26.3 Å². The Balaban J connectivity index is 1.83. The third-order valence-corrected chi connectivity index (χ3v) is 6.57. The summed E-state index contributed by atoms with van der Waals surface area (Å²) in [5.41, 5.74) is 2.64. The maximum absolute atomic E-state index is 13.0. The van der Waals surface area contributed by atoms with Crippen LogP contribution in [0.3, 0.4) is 0 Å². The van der Waals surface area contributed by atoms with Gasteiger partial charge in [0.15, 0.2) is 0 Å². The monoisotopic (exact) mass is 464 g/mol. The molecule has 7 nitrogen and oxygen atoms in total. The normalized spacial score (nSPS) is 16.1. The van der Waals surface area contributed by atoms with E-state index in [2.05, 4.69) is 0 Å². The van der Waals surface area contributed by atoms with Crippen molar-refractivity contribution in [3.8, 4) is 16.9 Å². The van der Waals surface area contributed by atoms with Gasteiger partial charge in [-0.15, -0.1) is 0 Å². The van der Waals surface area contributed by atoms with Crippen molar-refractivity contribution in [3.05, 3.63) is 81.4 Å². The summed E-state index contributed by atoms with van der Waals surface area (Å²) >= 11 is 6.70. The van der Waals surface area contributed by atoms with E-state index in [4.69, 9.17) is 17.3 Å². The van der Waals surface area contributed by atoms with E-state index in [9.17, 15) is 14.9 Å². The van der Waals surface area contributed by atoms with Gasteiger partial charge in [-0.3, -0.25) is 19.8 Å². The molecule has 2 aromatic carbocycles. The number of benzene rings is 2. The highest BCUT2D eigenvalue weighted by Gasteiger charge is 2.35. The lowest BCUT2D eigenvalue weighted by Gasteiger charge is -2.21. The molecule has 1 aliphatic heterocycles. The van der Waals surface area contributed by atoms with E-state index < -0.39 is 4.92 Å². The van der Waals surface area contributed by atoms with Gasteiger partial charge in [-0.05, 0) is 31.6 Å². The quantitative estimate of drug-likeness (QED) is 0.209. The lowest BCUT2D eigenvalue weighted by Crippen LogP contribution is -2.36. The van der Waals surface area contributed by atoms with Crippen molar-refractivity contribution >= 4 is 46.0 Å². The Hall–Kier alpha value is -3.30. The van der Waals surface area contributed by atoms with Crippen LogP contribution < -0.4 is 0 Å². The fraction of sp³-hybridized carbons (Fsp3) is 0.174. The van der Waals surface area contributed by atoms with Crippen LogP contribution in [0.1, 0.15) is 25.8 Å². The molecule has 4 rings (SSSR count). The second-order valence-corrected chi connectivity index (χ2v) is 9.01. The molecule has 162 valence electrons. The summed E-state index contributed by atoms with van der Waals surface area (Å²) in [5, 5.41) is 16.0. The van der Waals surface area contributed by atoms with Crippen LogP contribution >= 0.6 is 24.0 Å². The number of nitrogens with zero attached hydrogens (tertiary/aromatic N) is 4. The molecule has 0 saturated carbocycles. The molecule has 0 aliphatic carbocycles. The van der Waals surface area contributed by atoms with E-state index in [-0.39, 0.29) is 17.6 Å². The van der Waals surface area contributed by atoms with Crippen LogP contribution in [-0.4, -0.2) is 35.9 Å². The van der Waals surface area contributed by atoms with Crippen molar-refractivity contribution in [3.63, 3.8) is 0 Å². The minimum Gasteiger partial charge on any atom is -0.290 e. The van der Waals surface area contributed by atoms with Crippen molar-refractivity contribution < 1.29 is 9.72 Å². The zero-order valence-electron chi connectivity index (χ0n) is 17.5. The molecule has 1 fully saturated rings. The van der Waals surface area contributed by atoms with Crippen LogP contribution in [0.15, 0.2) is 65.7 Å². The molecule has 1 atom stereocenters. The van der Waals surface area contributed by atoms with Gasteiger partial charge in [0.2, 0.25) is 0 Å². The first kappa shape index (κ1) is 21.9. The molecular formula is C23H20N4O3S2. The predicted octanol–water partition coefficient (Wildman–Crippen LogP) is 5.45. The van der Waals surface area contributed by atoms with Gasteiger partial charge < -0.3 is 0 Å². The van der Waals surface area contributed by atoms with Gasteiger partial charge in [-0.25, -0.2) is 4.68 Å². The van der Waals surface area contributed by atoms with Gasteiger partial charge in [-0.1, -0.05) is 61.2 Å². The summed E-state index contributed by atoms with van der Waals surface area (Å²) in [7, 11) is 0.